The second-order valence-electron chi connectivity index (χ2n) is 10.7. The van der Waals surface area contributed by atoms with Gasteiger partial charge in [0.25, 0.3) is 5.91 Å². The van der Waals surface area contributed by atoms with Crippen molar-refractivity contribution >= 4 is 17.7 Å². The smallest absolute Gasteiger partial charge is 0.255 e. The first-order valence-corrected chi connectivity index (χ1v) is 14.9. The zero-order valence-corrected chi connectivity index (χ0v) is 23.8. The lowest BCUT2D eigenvalue weighted by Crippen LogP contribution is -2.49. The average Bonchev–Trinajstić information content (AvgIpc) is 2.95. The van der Waals surface area contributed by atoms with Gasteiger partial charge in [0, 0.05) is 33.2 Å². The van der Waals surface area contributed by atoms with Crippen LogP contribution in [0.25, 0.3) is 0 Å². The molecule has 0 unspecified atom stereocenters. The number of carbonyl (C=O) groups excluding carboxylic acids is 3. The minimum atomic E-state index is -0.963. The van der Waals surface area contributed by atoms with Crippen molar-refractivity contribution in [2.75, 3.05) is 59.6 Å². The molecule has 0 aliphatic carbocycles. The minimum absolute atomic E-state index is 0.0828. The number of hydrogen-bond donors (Lipinski definition) is 2. The molecule has 3 amide bonds. The van der Waals surface area contributed by atoms with Crippen molar-refractivity contribution in [3.8, 4) is 5.75 Å². The number of hydrogen-bond acceptors (Lipinski definition) is 6. The largest absolute Gasteiger partial charge is 0.493 e. The first kappa shape index (κ1) is 30.9. The Kier molecular flexibility index (Phi) is 14.1. The molecule has 1 aromatic rings. The van der Waals surface area contributed by atoms with Crippen LogP contribution in [0, 0.1) is 0 Å². The van der Waals surface area contributed by atoms with E-state index in [1.54, 1.807) is 30.1 Å². The molecule has 1 aromatic carbocycles. The Hall–Kier alpha value is -2.65. The van der Waals surface area contributed by atoms with Gasteiger partial charge >= 0.3 is 0 Å². The van der Waals surface area contributed by atoms with E-state index in [1.807, 2.05) is 6.07 Å². The Morgan fingerprint density at radius 2 is 1.59 bits per heavy atom. The summed E-state index contributed by atoms with van der Waals surface area (Å²) in [5.74, 6) is -0.406. The van der Waals surface area contributed by atoms with Crippen LogP contribution < -0.4 is 15.4 Å². The Bertz CT molecular complexity index is 890. The molecule has 2 heterocycles. The molecule has 39 heavy (non-hydrogen) atoms. The van der Waals surface area contributed by atoms with Crippen molar-refractivity contribution < 1.29 is 23.9 Å². The Morgan fingerprint density at radius 3 is 2.33 bits per heavy atom. The number of rotatable bonds is 5. The maximum atomic E-state index is 13.3. The summed E-state index contributed by atoms with van der Waals surface area (Å²) in [6, 6.07) is 6.12. The van der Waals surface area contributed by atoms with E-state index in [9.17, 15) is 14.4 Å². The van der Waals surface area contributed by atoms with E-state index in [2.05, 4.69) is 15.5 Å². The average molecular weight is 545 g/mol. The molecule has 3 rings (SSSR count). The van der Waals surface area contributed by atoms with Crippen LogP contribution in [0.1, 0.15) is 81.0 Å². The number of morpholine rings is 1. The number of fused-ring (bicyclic) bond motifs is 1. The molecule has 0 radical (unpaired) electrons. The van der Waals surface area contributed by atoms with E-state index < -0.39 is 11.9 Å². The molecule has 2 N–H and O–H groups in total. The summed E-state index contributed by atoms with van der Waals surface area (Å²) in [7, 11) is 1.77. The molecule has 2 aliphatic heterocycles. The first-order chi connectivity index (χ1) is 19.0. The lowest BCUT2D eigenvalue weighted by Gasteiger charge is -2.26. The molecule has 0 saturated carbocycles. The third-order valence-corrected chi connectivity index (χ3v) is 7.51. The van der Waals surface area contributed by atoms with Gasteiger partial charge in [0.2, 0.25) is 11.8 Å². The van der Waals surface area contributed by atoms with Gasteiger partial charge in [0.1, 0.15) is 11.8 Å². The van der Waals surface area contributed by atoms with Gasteiger partial charge in [-0.3, -0.25) is 19.3 Å². The Morgan fingerprint density at radius 1 is 0.923 bits per heavy atom. The fourth-order valence-corrected chi connectivity index (χ4v) is 5.01. The maximum Gasteiger partial charge on any atom is 0.255 e. The second kappa shape index (κ2) is 17.8. The number of ether oxygens (including phenoxy) is 2. The zero-order chi connectivity index (χ0) is 27.7. The summed E-state index contributed by atoms with van der Waals surface area (Å²) in [4.78, 5) is 43.5. The first-order valence-electron chi connectivity index (χ1n) is 14.9. The van der Waals surface area contributed by atoms with E-state index in [1.165, 1.54) is 32.1 Å². The van der Waals surface area contributed by atoms with Gasteiger partial charge in [-0.05, 0) is 37.9 Å². The molecule has 2 aliphatic rings. The highest BCUT2D eigenvalue weighted by molar-refractivity contribution is 6.00. The number of para-hydroxylation sites is 1. The SMILES string of the molecule is CN1CCCCCCCCCCCOc2ccccc2C(=O)N[C@H](C(=O)NCCCN2CCOCC2)CC1=O. The fourth-order valence-electron chi connectivity index (χ4n) is 5.01. The molecular weight excluding hydrogens is 496 g/mol. The van der Waals surface area contributed by atoms with Crippen molar-refractivity contribution in [1.82, 2.24) is 20.4 Å². The van der Waals surface area contributed by atoms with Crippen LogP contribution >= 0.6 is 0 Å². The van der Waals surface area contributed by atoms with Crippen LogP contribution in [0.3, 0.4) is 0 Å². The Labute approximate surface area is 234 Å². The molecule has 9 nitrogen and oxygen atoms in total. The van der Waals surface area contributed by atoms with Crippen LogP contribution in [-0.2, 0) is 14.3 Å². The topological polar surface area (TPSA) is 100 Å². The van der Waals surface area contributed by atoms with Crippen LogP contribution in [-0.4, -0.2) is 93.2 Å². The van der Waals surface area contributed by atoms with Crippen LogP contribution in [0.4, 0.5) is 0 Å². The lowest BCUT2D eigenvalue weighted by molar-refractivity contribution is -0.133. The number of nitrogens with one attached hydrogen (secondary N) is 2. The quantitative estimate of drug-likeness (QED) is 0.552. The predicted molar refractivity (Wildman–Crippen MR) is 152 cm³/mol. The second-order valence-corrected chi connectivity index (χ2v) is 10.7. The van der Waals surface area contributed by atoms with Crippen molar-refractivity contribution in [3.05, 3.63) is 29.8 Å². The summed E-state index contributed by atoms with van der Waals surface area (Å²) < 4.78 is 11.3. The van der Waals surface area contributed by atoms with Crippen molar-refractivity contribution in [1.29, 1.82) is 0 Å². The summed E-state index contributed by atoms with van der Waals surface area (Å²) >= 11 is 0. The highest BCUT2D eigenvalue weighted by Gasteiger charge is 2.27. The van der Waals surface area contributed by atoms with Crippen molar-refractivity contribution in [2.24, 2.45) is 0 Å². The molecule has 9 heteroatoms. The minimum Gasteiger partial charge on any atom is -0.493 e. The summed E-state index contributed by atoms with van der Waals surface area (Å²) in [5.41, 5.74) is 0.373. The highest BCUT2D eigenvalue weighted by atomic mass is 16.5. The summed E-state index contributed by atoms with van der Waals surface area (Å²) in [6.45, 7) is 5.81. The lowest BCUT2D eigenvalue weighted by atomic mass is 10.1. The van der Waals surface area contributed by atoms with Crippen LogP contribution in [0.2, 0.25) is 0 Å². The number of benzene rings is 1. The van der Waals surface area contributed by atoms with E-state index in [-0.39, 0.29) is 18.2 Å². The molecule has 218 valence electrons. The number of nitrogens with zero attached hydrogens (tertiary/aromatic N) is 2. The third kappa shape index (κ3) is 11.5. The van der Waals surface area contributed by atoms with Gasteiger partial charge in [-0.1, -0.05) is 57.1 Å². The molecular formula is C30H48N4O5. The maximum absolute atomic E-state index is 13.3. The van der Waals surface area contributed by atoms with Gasteiger partial charge in [-0.25, -0.2) is 0 Å². The molecule has 1 saturated heterocycles. The highest BCUT2D eigenvalue weighted by Crippen LogP contribution is 2.19. The van der Waals surface area contributed by atoms with E-state index >= 15 is 0 Å². The Balaban J connectivity index is 1.64. The molecule has 1 fully saturated rings. The van der Waals surface area contributed by atoms with Gasteiger partial charge < -0.3 is 25.0 Å². The van der Waals surface area contributed by atoms with Gasteiger partial charge in [-0.15, -0.1) is 0 Å². The van der Waals surface area contributed by atoms with Crippen molar-refractivity contribution in [3.63, 3.8) is 0 Å². The summed E-state index contributed by atoms with van der Waals surface area (Å²) in [6.07, 6.45) is 10.8. The predicted octanol–water partition coefficient (Wildman–Crippen LogP) is 3.38. The molecule has 0 aromatic heterocycles. The number of amides is 3. The van der Waals surface area contributed by atoms with E-state index in [4.69, 9.17) is 9.47 Å². The van der Waals surface area contributed by atoms with Gasteiger partial charge in [0.05, 0.1) is 31.8 Å². The summed E-state index contributed by atoms with van der Waals surface area (Å²) in [5, 5.41) is 5.77. The number of carbonyl (C=O) groups is 3. The normalized spacial score (nSPS) is 21.8. The van der Waals surface area contributed by atoms with E-state index in [0.29, 0.717) is 31.0 Å². The molecule has 1 atom stereocenters. The zero-order valence-electron chi connectivity index (χ0n) is 23.8. The van der Waals surface area contributed by atoms with Crippen LogP contribution in [0.5, 0.6) is 5.75 Å². The standard InChI is InChI=1S/C30H48N4O5/c1-33-17-11-7-5-3-2-4-6-8-12-21-39-27-15-10-9-14-25(27)29(36)32-26(24-28(33)35)30(37)31-16-13-18-34-19-22-38-23-20-34/h9-10,14-15,26H,2-8,11-13,16-24H2,1H3,(H,31,37)(H,32,36)/t26-/m0/s1. The van der Waals surface area contributed by atoms with E-state index in [0.717, 1.165) is 65.0 Å². The molecule has 0 bridgehead atoms. The third-order valence-electron chi connectivity index (χ3n) is 7.51. The van der Waals surface area contributed by atoms with Gasteiger partial charge in [0.15, 0.2) is 0 Å². The molecule has 0 spiro atoms. The van der Waals surface area contributed by atoms with Crippen LogP contribution in [0.15, 0.2) is 24.3 Å². The monoisotopic (exact) mass is 544 g/mol. The van der Waals surface area contributed by atoms with Gasteiger partial charge in [-0.2, -0.15) is 0 Å². The fraction of sp³-hybridized carbons (Fsp3) is 0.700. The van der Waals surface area contributed by atoms with Crippen molar-refractivity contribution in [2.45, 2.75) is 76.7 Å².